The lowest BCUT2D eigenvalue weighted by molar-refractivity contribution is -0.132. The van der Waals surface area contributed by atoms with Crippen molar-refractivity contribution in [2.24, 2.45) is 5.92 Å². The Morgan fingerprint density at radius 1 is 1.30 bits per heavy atom. The molecule has 0 spiro atoms. The molecule has 0 bridgehead atoms. The lowest BCUT2D eigenvalue weighted by Crippen LogP contribution is -2.42. The van der Waals surface area contributed by atoms with Gasteiger partial charge in [0.05, 0.1) is 0 Å². The predicted octanol–water partition coefficient (Wildman–Crippen LogP) is 3.90. The van der Waals surface area contributed by atoms with Gasteiger partial charge in [-0.25, -0.2) is 0 Å². The average molecular weight is 339 g/mol. The summed E-state index contributed by atoms with van der Waals surface area (Å²) in [5.74, 6) is 0.753. The number of rotatable bonds is 4. The van der Waals surface area contributed by atoms with Gasteiger partial charge in [-0.05, 0) is 43.0 Å². The molecule has 0 aliphatic carbocycles. The Morgan fingerprint density at radius 2 is 1.90 bits per heavy atom. The van der Waals surface area contributed by atoms with Crippen molar-refractivity contribution in [3.8, 4) is 0 Å². The summed E-state index contributed by atoms with van der Waals surface area (Å²) in [7, 11) is 0. The van der Waals surface area contributed by atoms with Crippen LogP contribution in [0.1, 0.15) is 33.1 Å². The van der Waals surface area contributed by atoms with Crippen molar-refractivity contribution >= 4 is 27.5 Å². The highest BCUT2D eigenvalue weighted by atomic mass is 79.9. The molecule has 0 radical (unpaired) electrons. The first-order chi connectivity index (χ1) is 9.54. The smallest absolute Gasteiger partial charge is 0.222 e. The number of halogens is 1. The number of hydrogen-bond acceptors (Lipinski definition) is 2. The molecule has 110 valence electrons. The number of hydrogen-bond donors (Lipinski definition) is 1. The molecule has 1 fully saturated rings. The van der Waals surface area contributed by atoms with E-state index < -0.39 is 0 Å². The number of likely N-dealkylation sites (tertiary alicyclic amines) is 1. The second-order valence-electron chi connectivity index (χ2n) is 5.90. The second kappa shape index (κ2) is 7.11. The summed E-state index contributed by atoms with van der Waals surface area (Å²) in [6.07, 6.45) is 2.73. The summed E-state index contributed by atoms with van der Waals surface area (Å²) in [6.45, 7) is 5.94. The van der Waals surface area contributed by atoms with Gasteiger partial charge >= 0.3 is 0 Å². The van der Waals surface area contributed by atoms with Crippen molar-refractivity contribution in [2.75, 3.05) is 18.4 Å². The number of carbonyl (C=O) groups is 1. The minimum Gasteiger partial charge on any atom is -0.382 e. The third-order valence-corrected chi connectivity index (χ3v) is 4.17. The molecule has 1 aromatic carbocycles. The molecule has 4 heteroatoms. The number of benzene rings is 1. The van der Waals surface area contributed by atoms with E-state index in [1.165, 1.54) is 0 Å². The van der Waals surface area contributed by atoms with Crippen LogP contribution in [-0.2, 0) is 4.79 Å². The van der Waals surface area contributed by atoms with Gasteiger partial charge in [0.2, 0.25) is 5.91 Å². The molecule has 0 saturated carbocycles. The summed E-state index contributed by atoms with van der Waals surface area (Å²) in [6, 6.07) is 8.73. The molecule has 20 heavy (non-hydrogen) atoms. The molecule has 0 unspecified atom stereocenters. The second-order valence-corrected chi connectivity index (χ2v) is 6.82. The third-order valence-electron chi connectivity index (χ3n) is 3.65. The summed E-state index contributed by atoms with van der Waals surface area (Å²) < 4.78 is 1.09. The van der Waals surface area contributed by atoms with Crippen LogP contribution in [-0.4, -0.2) is 29.9 Å². The largest absolute Gasteiger partial charge is 0.382 e. The van der Waals surface area contributed by atoms with Crippen LogP contribution in [0.3, 0.4) is 0 Å². The molecule has 3 nitrogen and oxygen atoms in total. The van der Waals surface area contributed by atoms with Crippen molar-refractivity contribution in [3.63, 3.8) is 0 Å². The van der Waals surface area contributed by atoms with Gasteiger partial charge in [0.15, 0.2) is 0 Å². The molecule has 1 N–H and O–H groups in total. The van der Waals surface area contributed by atoms with Crippen LogP contribution < -0.4 is 5.32 Å². The maximum absolute atomic E-state index is 12.0. The molecule has 0 aromatic heterocycles. The molecule has 1 aromatic rings. The van der Waals surface area contributed by atoms with Crippen LogP contribution in [0, 0.1) is 5.92 Å². The van der Waals surface area contributed by atoms with E-state index in [1.807, 2.05) is 17.0 Å². The monoisotopic (exact) mass is 338 g/mol. The molecule has 1 aliphatic heterocycles. The van der Waals surface area contributed by atoms with Crippen LogP contribution in [0.2, 0.25) is 0 Å². The normalized spacial score (nSPS) is 16.5. The van der Waals surface area contributed by atoms with Gasteiger partial charge in [-0.2, -0.15) is 0 Å². The highest BCUT2D eigenvalue weighted by Gasteiger charge is 2.22. The molecule has 1 aliphatic rings. The van der Waals surface area contributed by atoms with Gasteiger partial charge < -0.3 is 10.2 Å². The zero-order valence-corrected chi connectivity index (χ0v) is 13.8. The van der Waals surface area contributed by atoms with Crippen LogP contribution in [0.15, 0.2) is 28.7 Å². The van der Waals surface area contributed by atoms with Gasteiger partial charge in [-0.3, -0.25) is 4.79 Å². The van der Waals surface area contributed by atoms with Gasteiger partial charge in [-0.15, -0.1) is 0 Å². The number of anilines is 1. The highest BCUT2D eigenvalue weighted by molar-refractivity contribution is 9.10. The fraction of sp³-hybridized carbons (Fsp3) is 0.562. The van der Waals surface area contributed by atoms with E-state index in [9.17, 15) is 4.79 Å². The quantitative estimate of drug-likeness (QED) is 0.902. The van der Waals surface area contributed by atoms with Gasteiger partial charge in [-0.1, -0.05) is 29.8 Å². The lowest BCUT2D eigenvalue weighted by Gasteiger charge is -2.33. The number of nitrogens with zero attached hydrogens (tertiary/aromatic N) is 1. The predicted molar refractivity (Wildman–Crippen MR) is 86.8 cm³/mol. The number of carbonyl (C=O) groups excluding carboxylic acids is 1. The minimum atomic E-state index is 0.307. The van der Waals surface area contributed by atoms with Crippen molar-refractivity contribution in [3.05, 3.63) is 28.7 Å². The summed E-state index contributed by atoms with van der Waals surface area (Å²) >= 11 is 3.44. The molecular weight excluding hydrogens is 316 g/mol. The van der Waals surface area contributed by atoms with Gasteiger partial charge in [0.25, 0.3) is 0 Å². The standard InChI is InChI=1S/C16H23BrN2O/c1-12(2)11-16(20)19-9-7-15(8-10-19)18-14-5-3-13(17)4-6-14/h3-6,12,15,18H,7-11H2,1-2H3. The van der Waals surface area contributed by atoms with E-state index in [0.29, 0.717) is 24.3 Å². The molecule has 2 rings (SSSR count). The number of amides is 1. The molecule has 1 heterocycles. The number of piperidine rings is 1. The summed E-state index contributed by atoms with van der Waals surface area (Å²) in [5, 5.41) is 3.55. The molecule has 1 amide bonds. The van der Waals surface area contributed by atoms with Crippen molar-refractivity contribution in [1.82, 2.24) is 4.90 Å². The van der Waals surface area contributed by atoms with E-state index in [4.69, 9.17) is 0 Å². The van der Waals surface area contributed by atoms with Crippen LogP contribution >= 0.6 is 15.9 Å². The van der Waals surface area contributed by atoms with Gasteiger partial charge in [0.1, 0.15) is 0 Å². The zero-order chi connectivity index (χ0) is 14.5. The summed E-state index contributed by atoms with van der Waals surface area (Å²) in [4.78, 5) is 14.0. The lowest BCUT2D eigenvalue weighted by atomic mass is 10.0. The van der Waals surface area contributed by atoms with Crippen LogP contribution in [0.4, 0.5) is 5.69 Å². The van der Waals surface area contributed by atoms with Crippen molar-refractivity contribution in [2.45, 2.75) is 39.2 Å². The van der Waals surface area contributed by atoms with E-state index in [1.54, 1.807) is 0 Å². The first kappa shape index (κ1) is 15.4. The fourth-order valence-electron chi connectivity index (χ4n) is 2.53. The summed E-state index contributed by atoms with van der Waals surface area (Å²) in [5.41, 5.74) is 1.15. The zero-order valence-electron chi connectivity index (χ0n) is 12.2. The van der Waals surface area contributed by atoms with E-state index in [2.05, 4.69) is 47.2 Å². The molecule has 0 atom stereocenters. The topological polar surface area (TPSA) is 32.3 Å². The molecular formula is C16H23BrN2O. The fourth-order valence-corrected chi connectivity index (χ4v) is 2.80. The van der Waals surface area contributed by atoms with E-state index in [-0.39, 0.29) is 0 Å². The third kappa shape index (κ3) is 4.51. The van der Waals surface area contributed by atoms with E-state index in [0.717, 1.165) is 36.1 Å². The Bertz CT molecular complexity index is 436. The Hall–Kier alpha value is -1.03. The first-order valence-corrected chi connectivity index (χ1v) is 8.14. The van der Waals surface area contributed by atoms with E-state index >= 15 is 0 Å². The van der Waals surface area contributed by atoms with Crippen LogP contribution in [0.5, 0.6) is 0 Å². The van der Waals surface area contributed by atoms with Crippen LogP contribution in [0.25, 0.3) is 0 Å². The average Bonchev–Trinajstić information content (AvgIpc) is 2.41. The highest BCUT2D eigenvalue weighted by Crippen LogP contribution is 2.19. The maximum atomic E-state index is 12.0. The maximum Gasteiger partial charge on any atom is 0.222 e. The van der Waals surface area contributed by atoms with Crippen molar-refractivity contribution < 1.29 is 4.79 Å². The van der Waals surface area contributed by atoms with Crippen molar-refractivity contribution in [1.29, 1.82) is 0 Å². The minimum absolute atomic E-state index is 0.307. The Balaban J connectivity index is 1.79. The first-order valence-electron chi connectivity index (χ1n) is 7.34. The number of nitrogens with one attached hydrogen (secondary N) is 1. The Labute approximate surface area is 129 Å². The SMILES string of the molecule is CC(C)CC(=O)N1CCC(Nc2ccc(Br)cc2)CC1. The van der Waals surface area contributed by atoms with Gasteiger partial charge in [0, 0.05) is 35.7 Å². The molecule has 1 saturated heterocycles. The Morgan fingerprint density at radius 3 is 2.45 bits per heavy atom. The Kier molecular flexibility index (Phi) is 5.46.